The zero-order valence-corrected chi connectivity index (χ0v) is 12.5. The molecule has 0 unspecified atom stereocenters. The normalized spacial score (nSPS) is 16.5. The van der Waals surface area contributed by atoms with Crippen molar-refractivity contribution in [3.05, 3.63) is 41.5 Å². The molecule has 5 nitrogen and oxygen atoms in total. The molecular formula is C17H18O5. The Hall–Kier alpha value is -2.56. The van der Waals surface area contributed by atoms with Crippen molar-refractivity contribution in [2.45, 2.75) is 18.9 Å². The molecule has 0 amide bonds. The number of aromatic hydroxyl groups is 2. The van der Waals surface area contributed by atoms with E-state index in [1.54, 1.807) is 24.3 Å². The standard InChI is InChI=1S/C17H18O5/c1-20-16-8-11(3-5-12(16)18)14-6-4-10-7-13(19)17(21-2)9-15(10)22-14/h3,5,7-9,14,18-19H,4,6H2,1-2H3/t14-/m0/s1. The highest BCUT2D eigenvalue weighted by atomic mass is 16.5. The van der Waals surface area contributed by atoms with Crippen LogP contribution in [0.3, 0.4) is 0 Å². The molecular weight excluding hydrogens is 284 g/mol. The Morgan fingerprint density at radius 1 is 1.00 bits per heavy atom. The molecule has 0 saturated carbocycles. The van der Waals surface area contributed by atoms with Gasteiger partial charge < -0.3 is 24.4 Å². The van der Waals surface area contributed by atoms with Gasteiger partial charge in [-0.2, -0.15) is 0 Å². The van der Waals surface area contributed by atoms with Gasteiger partial charge in [0.05, 0.1) is 14.2 Å². The smallest absolute Gasteiger partial charge is 0.164 e. The molecule has 0 fully saturated rings. The average molecular weight is 302 g/mol. The summed E-state index contributed by atoms with van der Waals surface area (Å²) in [5.74, 6) is 1.75. The third-order valence-corrected chi connectivity index (χ3v) is 3.88. The fraction of sp³-hybridized carbons (Fsp3) is 0.294. The van der Waals surface area contributed by atoms with Gasteiger partial charge in [0.2, 0.25) is 0 Å². The van der Waals surface area contributed by atoms with Gasteiger partial charge in [-0.1, -0.05) is 6.07 Å². The SMILES string of the molecule is COc1cc([C@@H]2CCc3cc(O)c(OC)cc3O2)ccc1O. The lowest BCUT2D eigenvalue weighted by Gasteiger charge is -2.27. The second-order valence-corrected chi connectivity index (χ2v) is 5.21. The summed E-state index contributed by atoms with van der Waals surface area (Å²) >= 11 is 0. The van der Waals surface area contributed by atoms with E-state index in [0.29, 0.717) is 17.2 Å². The van der Waals surface area contributed by atoms with Gasteiger partial charge in [0.1, 0.15) is 11.9 Å². The van der Waals surface area contributed by atoms with Crippen molar-refractivity contribution in [1.29, 1.82) is 0 Å². The Bertz CT molecular complexity index is 696. The van der Waals surface area contributed by atoms with Crippen LogP contribution in [-0.4, -0.2) is 24.4 Å². The number of methoxy groups -OCH3 is 2. The summed E-state index contributed by atoms with van der Waals surface area (Å²) in [7, 11) is 3.02. The number of aryl methyl sites for hydroxylation is 1. The second-order valence-electron chi connectivity index (χ2n) is 5.21. The van der Waals surface area contributed by atoms with E-state index in [2.05, 4.69) is 0 Å². The molecule has 3 rings (SSSR count). The number of hydrogen-bond donors (Lipinski definition) is 2. The molecule has 5 heteroatoms. The minimum absolute atomic E-state index is 0.106. The molecule has 22 heavy (non-hydrogen) atoms. The van der Waals surface area contributed by atoms with Crippen LogP contribution < -0.4 is 14.2 Å². The first kappa shape index (κ1) is 14.4. The van der Waals surface area contributed by atoms with E-state index in [4.69, 9.17) is 14.2 Å². The third-order valence-electron chi connectivity index (χ3n) is 3.88. The van der Waals surface area contributed by atoms with Crippen molar-refractivity contribution in [2.75, 3.05) is 14.2 Å². The van der Waals surface area contributed by atoms with Gasteiger partial charge in [0.25, 0.3) is 0 Å². The number of rotatable bonds is 3. The van der Waals surface area contributed by atoms with Gasteiger partial charge in [-0.25, -0.2) is 0 Å². The summed E-state index contributed by atoms with van der Waals surface area (Å²) in [5, 5.41) is 19.5. The summed E-state index contributed by atoms with van der Waals surface area (Å²) in [6, 6.07) is 8.59. The summed E-state index contributed by atoms with van der Waals surface area (Å²) in [6.45, 7) is 0. The van der Waals surface area contributed by atoms with Gasteiger partial charge in [0, 0.05) is 6.07 Å². The highest BCUT2D eigenvalue weighted by Gasteiger charge is 2.24. The van der Waals surface area contributed by atoms with Gasteiger partial charge in [-0.3, -0.25) is 0 Å². The Labute approximate surface area is 128 Å². The van der Waals surface area contributed by atoms with Crippen molar-refractivity contribution < 1.29 is 24.4 Å². The lowest BCUT2D eigenvalue weighted by atomic mass is 9.97. The highest BCUT2D eigenvalue weighted by Crippen LogP contribution is 2.42. The topological polar surface area (TPSA) is 68.2 Å². The van der Waals surface area contributed by atoms with E-state index in [9.17, 15) is 10.2 Å². The first-order valence-electron chi connectivity index (χ1n) is 7.05. The zero-order valence-electron chi connectivity index (χ0n) is 12.5. The minimum atomic E-state index is -0.128. The van der Waals surface area contributed by atoms with E-state index in [1.807, 2.05) is 6.07 Å². The Kier molecular flexibility index (Phi) is 3.71. The lowest BCUT2D eigenvalue weighted by Crippen LogP contribution is -2.15. The molecule has 2 N–H and O–H groups in total. The summed E-state index contributed by atoms with van der Waals surface area (Å²) in [5.41, 5.74) is 1.90. The summed E-state index contributed by atoms with van der Waals surface area (Å²) in [4.78, 5) is 0. The van der Waals surface area contributed by atoms with Crippen LogP contribution >= 0.6 is 0 Å². The summed E-state index contributed by atoms with van der Waals surface area (Å²) in [6.07, 6.45) is 1.45. The maximum Gasteiger partial charge on any atom is 0.164 e. The number of phenolic OH excluding ortho intramolecular Hbond substituents is 2. The van der Waals surface area contributed by atoms with Crippen molar-refractivity contribution in [3.63, 3.8) is 0 Å². The number of hydrogen-bond acceptors (Lipinski definition) is 5. The molecule has 0 saturated heterocycles. The predicted octanol–water partition coefficient (Wildman–Crippen LogP) is 3.18. The zero-order chi connectivity index (χ0) is 15.7. The van der Waals surface area contributed by atoms with E-state index < -0.39 is 0 Å². The molecule has 1 aliphatic rings. The van der Waals surface area contributed by atoms with E-state index in [0.717, 1.165) is 24.0 Å². The van der Waals surface area contributed by atoms with Gasteiger partial charge in [-0.05, 0) is 42.2 Å². The Morgan fingerprint density at radius 3 is 2.45 bits per heavy atom. The first-order valence-corrected chi connectivity index (χ1v) is 7.05. The van der Waals surface area contributed by atoms with Crippen molar-refractivity contribution >= 4 is 0 Å². The van der Waals surface area contributed by atoms with Crippen LogP contribution in [0.1, 0.15) is 23.7 Å². The molecule has 0 aromatic heterocycles. The number of ether oxygens (including phenoxy) is 3. The number of benzene rings is 2. The van der Waals surface area contributed by atoms with Crippen LogP contribution in [0, 0.1) is 0 Å². The monoisotopic (exact) mass is 302 g/mol. The maximum atomic E-state index is 9.82. The van der Waals surface area contributed by atoms with Crippen molar-refractivity contribution in [2.24, 2.45) is 0 Å². The van der Waals surface area contributed by atoms with E-state index >= 15 is 0 Å². The van der Waals surface area contributed by atoms with Crippen molar-refractivity contribution in [3.8, 4) is 28.7 Å². The number of fused-ring (bicyclic) bond motifs is 1. The highest BCUT2D eigenvalue weighted by molar-refractivity contribution is 5.51. The third kappa shape index (κ3) is 2.50. The van der Waals surface area contributed by atoms with Crippen LogP contribution in [0.2, 0.25) is 0 Å². The molecule has 0 aliphatic carbocycles. The van der Waals surface area contributed by atoms with E-state index in [1.165, 1.54) is 14.2 Å². The quantitative estimate of drug-likeness (QED) is 0.911. The molecule has 1 atom stereocenters. The van der Waals surface area contributed by atoms with Crippen molar-refractivity contribution in [1.82, 2.24) is 0 Å². The second kappa shape index (κ2) is 5.67. The molecule has 2 aromatic rings. The molecule has 2 aromatic carbocycles. The van der Waals surface area contributed by atoms with Crippen LogP contribution in [0.15, 0.2) is 30.3 Å². The minimum Gasteiger partial charge on any atom is -0.504 e. The van der Waals surface area contributed by atoms with Gasteiger partial charge >= 0.3 is 0 Å². The van der Waals surface area contributed by atoms with Crippen LogP contribution in [0.5, 0.6) is 28.7 Å². The van der Waals surface area contributed by atoms with Crippen LogP contribution in [0.4, 0.5) is 0 Å². The Balaban J connectivity index is 1.90. The van der Waals surface area contributed by atoms with Gasteiger partial charge in [-0.15, -0.1) is 0 Å². The largest absolute Gasteiger partial charge is 0.504 e. The predicted molar refractivity (Wildman–Crippen MR) is 81.0 cm³/mol. The molecule has 116 valence electrons. The fourth-order valence-electron chi connectivity index (χ4n) is 2.69. The molecule has 0 radical (unpaired) electrons. The molecule has 1 heterocycles. The van der Waals surface area contributed by atoms with Gasteiger partial charge in [0.15, 0.2) is 23.0 Å². The maximum absolute atomic E-state index is 9.82. The lowest BCUT2D eigenvalue weighted by molar-refractivity contribution is 0.175. The van der Waals surface area contributed by atoms with Crippen LogP contribution in [-0.2, 0) is 6.42 Å². The fourth-order valence-corrected chi connectivity index (χ4v) is 2.69. The molecule has 0 spiro atoms. The molecule has 0 bridgehead atoms. The average Bonchev–Trinajstić information content (AvgIpc) is 2.54. The van der Waals surface area contributed by atoms with E-state index in [-0.39, 0.29) is 17.6 Å². The molecule has 1 aliphatic heterocycles. The Morgan fingerprint density at radius 2 is 1.73 bits per heavy atom. The number of phenols is 2. The summed E-state index contributed by atoms with van der Waals surface area (Å²) < 4.78 is 16.3. The van der Waals surface area contributed by atoms with Crippen LogP contribution in [0.25, 0.3) is 0 Å². The first-order chi connectivity index (χ1) is 10.6.